The van der Waals surface area contributed by atoms with E-state index in [1.165, 1.54) is 0 Å². The highest BCUT2D eigenvalue weighted by molar-refractivity contribution is 5.83. The Labute approximate surface area is 181 Å². The number of carbonyl (C=O) groups is 2. The smallest absolute Gasteiger partial charge is 0.136 e. The van der Waals surface area contributed by atoms with Crippen LogP contribution in [0.3, 0.4) is 0 Å². The average Bonchev–Trinajstić information content (AvgIpc) is 3.07. The molecular formula is C25H40O5. The van der Waals surface area contributed by atoms with Crippen molar-refractivity contribution in [3.05, 3.63) is 37.0 Å². The van der Waals surface area contributed by atoms with E-state index in [4.69, 9.17) is 0 Å². The van der Waals surface area contributed by atoms with E-state index >= 15 is 0 Å². The molecule has 1 aliphatic carbocycles. The van der Waals surface area contributed by atoms with Crippen molar-refractivity contribution >= 4 is 12.1 Å². The molecule has 3 N–H and O–H groups in total. The highest BCUT2D eigenvalue weighted by atomic mass is 16.3. The van der Waals surface area contributed by atoms with E-state index in [1.54, 1.807) is 19.1 Å². The molecule has 30 heavy (non-hydrogen) atoms. The fraction of sp³-hybridized carbons (Fsp3) is 0.680. The van der Waals surface area contributed by atoms with Gasteiger partial charge in [0.05, 0.1) is 17.8 Å². The molecule has 0 saturated heterocycles. The first-order valence-electron chi connectivity index (χ1n) is 11.3. The van der Waals surface area contributed by atoms with Crippen LogP contribution < -0.4 is 0 Å². The normalized spacial score (nSPS) is 23.7. The van der Waals surface area contributed by atoms with Crippen LogP contribution in [-0.4, -0.2) is 45.2 Å². The van der Waals surface area contributed by atoms with Crippen molar-refractivity contribution in [1.82, 2.24) is 0 Å². The van der Waals surface area contributed by atoms with Crippen molar-refractivity contribution in [2.45, 2.75) is 95.4 Å². The highest BCUT2D eigenvalue weighted by Gasteiger charge is 2.33. The molecule has 1 rings (SSSR count). The van der Waals surface area contributed by atoms with Crippen LogP contribution in [-0.2, 0) is 9.59 Å². The molecule has 170 valence electrons. The number of hydrogen-bond acceptors (Lipinski definition) is 5. The lowest BCUT2D eigenvalue weighted by Gasteiger charge is -2.24. The van der Waals surface area contributed by atoms with Crippen LogP contribution in [0.15, 0.2) is 37.0 Å². The van der Waals surface area contributed by atoms with Gasteiger partial charge in [-0.05, 0) is 70.6 Å². The van der Waals surface area contributed by atoms with Crippen LogP contribution in [0.2, 0.25) is 0 Å². The predicted octanol–water partition coefficient (Wildman–Crippen LogP) is 4.06. The third-order valence-corrected chi connectivity index (χ3v) is 6.13. The zero-order valence-electron chi connectivity index (χ0n) is 18.4. The summed E-state index contributed by atoms with van der Waals surface area (Å²) in [5.41, 5.74) is -0.997. The third-order valence-electron chi connectivity index (χ3n) is 6.13. The van der Waals surface area contributed by atoms with Gasteiger partial charge in [0.15, 0.2) is 0 Å². The van der Waals surface area contributed by atoms with Crippen molar-refractivity contribution < 1.29 is 24.9 Å². The van der Waals surface area contributed by atoms with Gasteiger partial charge in [-0.15, -0.1) is 6.58 Å². The minimum atomic E-state index is -0.997. The first-order valence-corrected chi connectivity index (χ1v) is 11.3. The van der Waals surface area contributed by atoms with Gasteiger partial charge in [-0.1, -0.05) is 30.4 Å². The Hall–Kier alpha value is -1.56. The van der Waals surface area contributed by atoms with Gasteiger partial charge in [-0.25, -0.2) is 0 Å². The van der Waals surface area contributed by atoms with Gasteiger partial charge in [0.2, 0.25) is 0 Å². The number of aldehydes is 1. The van der Waals surface area contributed by atoms with E-state index in [-0.39, 0.29) is 5.92 Å². The van der Waals surface area contributed by atoms with Crippen LogP contribution >= 0.6 is 0 Å². The van der Waals surface area contributed by atoms with E-state index in [9.17, 15) is 24.9 Å². The fourth-order valence-corrected chi connectivity index (χ4v) is 4.00. The van der Waals surface area contributed by atoms with Crippen LogP contribution in [0.25, 0.3) is 0 Å². The van der Waals surface area contributed by atoms with E-state index in [2.05, 4.69) is 18.7 Å². The number of aliphatic hydroxyl groups excluding tert-OH is 2. The Morgan fingerprint density at radius 2 is 1.93 bits per heavy atom. The molecule has 5 nitrogen and oxygen atoms in total. The summed E-state index contributed by atoms with van der Waals surface area (Å²) in [6.07, 6.45) is 16.4. The quantitative estimate of drug-likeness (QED) is 0.199. The molecular weight excluding hydrogens is 380 g/mol. The summed E-state index contributed by atoms with van der Waals surface area (Å²) in [4.78, 5) is 22.6. The molecule has 0 aromatic heterocycles. The monoisotopic (exact) mass is 420 g/mol. The lowest BCUT2D eigenvalue weighted by molar-refractivity contribution is -0.121. The largest absolute Gasteiger partial charge is 0.391 e. The number of aliphatic hydroxyl groups is 3. The van der Waals surface area contributed by atoms with Crippen molar-refractivity contribution in [1.29, 1.82) is 0 Å². The number of allylic oxidation sites excluding steroid dienone is 2. The van der Waals surface area contributed by atoms with Crippen molar-refractivity contribution in [3.8, 4) is 0 Å². The minimum absolute atomic E-state index is 0.0750. The Morgan fingerprint density at radius 3 is 2.60 bits per heavy atom. The minimum Gasteiger partial charge on any atom is -0.391 e. The molecule has 0 aliphatic heterocycles. The van der Waals surface area contributed by atoms with E-state index < -0.39 is 17.8 Å². The first-order chi connectivity index (χ1) is 14.3. The second-order valence-electron chi connectivity index (χ2n) is 8.60. The van der Waals surface area contributed by atoms with Crippen molar-refractivity contribution in [3.63, 3.8) is 0 Å². The maximum Gasteiger partial charge on any atom is 0.136 e. The lowest BCUT2D eigenvalue weighted by Crippen LogP contribution is -2.25. The summed E-state index contributed by atoms with van der Waals surface area (Å²) >= 11 is 0. The van der Waals surface area contributed by atoms with Crippen LogP contribution in [0, 0.1) is 11.8 Å². The zero-order valence-corrected chi connectivity index (χ0v) is 18.4. The maximum atomic E-state index is 12.3. The number of unbranched alkanes of at least 4 members (excludes halogenated alkanes) is 2. The molecule has 0 aromatic rings. The molecule has 0 bridgehead atoms. The van der Waals surface area contributed by atoms with Gasteiger partial charge in [0, 0.05) is 18.8 Å². The molecule has 5 heteroatoms. The maximum absolute atomic E-state index is 12.3. The number of carbonyl (C=O) groups excluding carboxylic acids is 2. The summed E-state index contributed by atoms with van der Waals surface area (Å²) in [7, 11) is 0. The zero-order chi connectivity index (χ0) is 22.4. The van der Waals surface area contributed by atoms with Crippen LogP contribution in [0.1, 0.15) is 77.6 Å². The molecule has 0 radical (unpaired) electrons. The molecule has 0 amide bonds. The number of ketones is 1. The SMILES string of the molecule is C=CC(O)(CC=CCC(O)C(C)O)CCC[C@H]1CCC(=O)[C@@H]1CC=CCCCC=O. The molecule has 0 aromatic carbocycles. The molecule has 1 aliphatic rings. The van der Waals surface area contributed by atoms with Gasteiger partial charge < -0.3 is 20.1 Å². The number of hydrogen-bond donors (Lipinski definition) is 3. The predicted molar refractivity (Wildman–Crippen MR) is 120 cm³/mol. The standard InChI is InChI=1S/C25H40O5/c1-3-25(30,17-9-8-14-23(28)20(2)27)18-11-12-21-15-16-24(29)22(21)13-7-5-4-6-10-19-26/h3,5,7-9,19-23,27-28,30H,1,4,6,10-18H2,2H3/t20?,21-,22+,23?,25?/m0/s1. The summed E-state index contributed by atoms with van der Waals surface area (Å²) in [6, 6.07) is 0. The molecule has 1 fully saturated rings. The molecule has 0 heterocycles. The summed E-state index contributed by atoms with van der Waals surface area (Å²) in [5, 5.41) is 29.7. The van der Waals surface area contributed by atoms with E-state index in [0.29, 0.717) is 43.8 Å². The fourth-order valence-electron chi connectivity index (χ4n) is 4.00. The lowest BCUT2D eigenvalue weighted by atomic mass is 9.85. The Bertz CT molecular complexity index is 580. The van der Waals surface area contributed by atoms with Gasteiger partial charge >= 0.3 is 0 Å². The number of Topliss-reactive ketones (excluding diaryl/α,β-unsaturated/α-hetero) is 1. The Morgan fingerprint density at radius 1 is 1.17 bits per heavy atom. The van der Waals surface area contributed by atoms with Crippen molar-refractivity contribution in [2.75, 3.05) is 0 Å². The topological polar surface area (TPSA) is 94.8 Å². The first kappa shape index (κ1) is 26.5. The highest BCUT2D eigenvalue weighted by Crippen LogP contribution is 2.36. The number of rotatable bonds is 16. The van der Waals surface area contributed by atoms with Crippen molar-refractivity contribution in [2.24, 2.45) is 11.8 Å². The second-order valence-corrected chi connectivity index (χ2v) is 8.60. The van der Waals surface area contributed by atoms with E-state index in [1.807, 2.05) is 6.08 Å². The second kappa shape index (κ2) is 14.4. The Kier molecular flexibility index (Phi) is 12.7. The summed E-state index contributed by atoms with van der Waals surface area (Å²) in [6.45, 7) is 5.31. The average molecular weight is 421 g/mol. The van der Waals surface area contributed by atoms with Gasteiger partial charge in [0.25, 0.3) is 0 Å². The molecule has 0 spiro atoms. The van der Waals surface area contributed by atoms with E-state index in [0.717, 1.165) is 44.8 Å². The Balaban J connectivity index is 2.42. The van der Waals surface area contributed by atoms with Crippen LogP contribution in [0.4, 0.5) is 0 Å². The summed E-state index contributed by atoms with van der Waals surface area (Å²) < 4.78 is 0. The van der Waals surface area contributed by atoms with Gasteiger partial charge in [-0.3, -0.25) is 4.79 Å². The van der Waals surface area contributed by atoms with Gasteiger partial charge in [-0.2, -0.15) is 0 Å². The third kappa shape index (κ3) is 9.96. The molecule has 3 unspecified atom stereocenters. The van der Waals surface area contributed by atoms with Crippen LogP contribution in [0.5, 0.6) is 0 Å². The molecule has 1 saturated carbocycles. The van der Waals surface area contributed by atoms with Gasteiger partial charge in [0.1, 0.15) is 12.1 Å². The molecule has 5 atom stereocenters. The summed E-state index contributed by atoms with van der Waals surface area (Å²) in [5.74, 6) is 0.782.